The van der Waals surface area contributed by atoms with E-state index in [4.69, 9.17) is 4.74 Å². The van der Waals surface area contributed by atoms with Gasteiger partial charge in [-0.15, -0.1) is 0 Å². The number of nitrogens with one attached hydrogen (secondary N) is 1. The van der Waals surface area contributed by atoms with Crippen LogP contribution in [-0.4, -0.2) is 53.8 Å². The number of likely N-dealkylation sites (tertiary alicyclic amines) is 1. The van der Waals surface area contributed by atoms with E-state index in [1.54, 1.807) is 32.6 Å². The average molecular weight is 431 g/mol. The summed E-state index contributed by atoms with van der Waals surface area (Å²) >= 11 is 0. The normalized spacial score (nSPS) is 16.7. The number of esters is 1. The zero-order valence-electron chi connectivity index (χ0n) is 17.8. The first-order valence-electron chi connectivity index (χ1n) is 9.73. The Kier molecular flexibility index (Phi) is 7.20. The fourth-order valence-electron chi connectivity index (χ4n) is 3.26. The number of methoxy groups -OCH3 is 1. The predicted octanol–water partition coefficient (Wildman–Crippen LogP) is 4.33. The first kappa shape index (κ1) is 23.8. The van der Waals surface area contributed by atoms with Gasteiger partial charge < -0.3 is 19.7 Å². The molecule has 1 saturated heterocycles. The summed E-state index contributed by atoms with van der Waals surface area (Å²) in [5.74, 6) is -1.20. The smallest absolute Gasteiger partial charge is 0.419 e. The van der Waals surface area contributed by atoms with E-state index >= 15 is 0 Å². The van der Waals surface area contributed by atoms with Gasteiger partial charge in [-0.25, -0.2) is 14.6 Å². The minimum atomic E-state index is -4.62. The second-order valence-electron chi connectivity index (χ2n) is 8.32. The molecule has 0 aliphatic carbocycles. The molecule has 0 bridgehead atoms. The number of hydrogen-bond acceptors (Lipinski definition) is 6. The summed E-state index contributed by atoms with van der Waals surface area (Å²) in [5, 5.41) is 2.81. The maximum absolute atomic E-state index is 13.4. The summed E-state index contributed by atoms with van der Waals surface area (Å²) in [7, 11) is 1.13. The third kappa shape index (κ3) is 6.24. The zero-order chi connectivity index (χ0) is 22.7. The second-order valence-corrected chi connectivity index (χ2v) is 8.32. The standard InChI is InChI=1S/C20H28F3N3O4/c1-12(13-8-10-26(11-9-13)18(28)30-19(2,3)4)24-16-14(20(21,22)23)6-7-15(25-16)17(27)29-5/h6-7,12-13H,8-11H2,1-5H3,(H,24,25). The molecule has 1 aromatic heterocycles. The van der Waals surface area contributed by atoms with E-state index in [1.165, 1.54) is 0 Å². The summed E-state index contributed by atoms with van der Waals surface area (Å²) in [6.45, 7) is 8.03. The number of pyridine rings is 1. The van der Waals surface area contributed by atoms with Crippen LogP contribution in [0, 0.1) is 5.92 Å². The molecule has 1 fully saturated rings. The molecular formula is C20H28F3N3O4. The molecule has 0 radical (unpaired) electrons. The van der Waals surface area contributed by atoms with Crippen LogP contribution in [0.15, 0.2) is 12.1 Å². The molecule has 0 aromatic carbocycles. The van der Waals surface area contributed by atoms with Gasteiger partial charge in [0.2, 0.25) is 0 Å². The molecule has 2 heterocycles. The number of amides is 1. The molecule has 30 heavy (non-hydrogen) atoms. The van der Waals surface area contributed by atoms with Crippen molar-refractivity contribution in [3.63, 3.8) is 0 Å². The number of carbonyl (C=O) groups excluding carboxylic acids is 2. The molecule has 168 valence electrons. The number of ether oxygens (including phenoxy) is 2. The SMILES string of the molecule is COC(=O)c1ccc(C(F)(F)F)c(NC(C)C2CCN(C(=O)OC(C)(C)C)CC2)n1. The van der Waals surface area contributed by atoms with Gasteiger partial charge in [-0.3, -0.25) is 0 Å². The van der Waals surface area contributed by atoms with Gasteiger partial charge in [-0.1, -0.05) is 0 Å². The molecule has 7 nitrogen and oxygen atoms in total. The lowest BCUT2D eigenvalue weighted by molar-refractivity contribution is -0.137. The molecule has 1 aliphatic rings. The highest BCUT2D eigenvalue weighted by molar-refractivity contribution is 5.87. The summed E-state index contributed by atoms with van der Waals surface area (Å²) < 4.78 is 50.0. The molecule has 1 aromatic rings. The van der Waals surface area contributed by atoms with Gasteiger partial charge in [-0.05, 0) is 58.6 Å². The van der Waals surface area contributed by atoms with Crippen LogP contribution in [-0.2, 0) is 15.7 Å². The Hall–Kier alpha value is -2.52. The van der Waals surface area contributed by atoms with Crippen LogP contribution < -0.4 is 5.32 Å². The van der Waals surface area contributed by atoms with Gasteiger partial charge >= 0.3 is 18.2 Å². The quantitative estimate of drug-likeness (QED) is 0.715. The predicted molar refractivity (Wildman–Crippen MR) is 104 cm³/mol. The number of anilines is 1. The number of aromatic nitrogens is 1. The van der Waals surface area contributed by atoms with E-state index in [-0.39, 0.29) is 17.7 Å². The van der Waals surface area contributed by atoms with E-state index in [2.05, 4.69) is 15.0 Å². The number of alkyl halides is 3. The van der Waals surface area contributed by atoms with Gasteiger partial charge in [-0.2, -0.15) is 13.2 Å². The number of halogens is 3. The summed E-state index contributed by atoms with van der Waals surface area (Å²) in [6.07, 6.45) is -3.81. The maximum atomic E-state index is 13.4. The first-order valence-corrected chi connectivity index (χ1v) is 9.73. The largest absolute Gasteiger partial charge is 0.464 e. The van der Waals surface area contributed by atoms with Crippen molar-refractivity contribution >= 4 is 17.9 Å². The maximum Gasteiger partial charge on any atom is 0.419 e. The second kappa shape index (κ2) is 9.09. The zero-order valence-corrected chi connectivity index (χ0v) is 17.8. The molecule has 1 amide bonds. The average Bonchev–Trinajstić information content (AvgIpc) is 2.65. The topological polar surface area (TPSA) is 80.8 Å². The molecule has 1 unspecified atom stereocenters. The molecule has 0 spiro atoms. The van der Waals surface area contributed by atoms with E-state index in [0.717, 1.165) is 19.2 Å². The fourth-order valence-corrected chi connectivity index (χ4v) is 3.26. The Bertz CT molecular complexity index is 770. The first-order chi connectivity index (χ1) is 13.8. The highest BCUT2D eigenvalue weighted by atomic mass is 19.4. The highest BCUT2D eigenvalue weighted by Gasteiger charge is 2.36. The number of nitrogens with zero attached hydrogens (tertiary/aromatic N) is 2. The van der Waals surface area contributed by atoms with Crippen molar-refractivity contribution in [2.45, 2.75) is 58.4 Å². The van der Waals surface area contributed by atoms with E-state index in [0.29, 0.717) is 25.9 Å². The van der Waals surface area contributed by atoms with Gasteiger partial charge in [0.1, 0.15) is 11.4 Å². The van der Waals surface area contributed by atoms with Crippen LogP contribution >= 0.6 is 0 Å². The van der Waals surface area contributed by atoms with Crippen molar-refractivity contribution in [2.75, 3.05) is 25.5 Å². The Morgan fingerprint density at radius 3 is 2.30 bits per heavy atom. The van der Waals surface area contributed by atoms with Crippen LogP contribution in [0.4, 0.5) is 23.8 Å². The minimum Gasteiger partial charge on any atom is -0.464 e. The van der Waals surface area contributed by atoms with Crippen LogP contribution in [0.25, 0.3) is 0 Å². The van der Waals surface area contributed by atoms with Crippen LogP contribution in [0.5, 0.6) is 0 Å². The molecule has 1 aliphatic heterocycles. The van der Waals surface area contributed by atoms with Gasteiger partial charge in [0.25, 0.3) is 0 Å². The summed E-state index contributed by atoms with van der Waals surface area (Å²) in [4.78, 5) is 29.3. The third-order valence-electron chi connectivity index (χ3n) is 4.86. The number of rotatable bonds is 4. The van der Waals surface area contributed by atoms with Crippen LogP contribution in [0.3, 0.4) is 0 Å². The van der Waals surface area contributed by atoms with E-state index in [9.17, 15) is 22.8 Å². The van der Waals surface area contributed by atoms with Crippen LogP contribution in [0.1, 0.15) is 56.6 Å². The van der Waals surface area contributed by atoms with Crippen LogP contribution in [0.2, 0.25) is 0 Å². The van der Waals surface area contributed by atoms with E-state index < -0.39 is 35.2 Å². The lowest BCUT2D eigenvalue weighted by atomic mass is 9.90. The molecule has 1 N–H and O–H groups in total. The number of carbonyl (C=O) groups is 2. The lowest BCUT2D eigenvalue weighted by Gasteiger charge is -2.36. The van der Waals surface area contributed by atoms with Gasteiger partial charge in [0.15, 0.2) is 5.69 Å². The Morgan fingerprint density at radius 1 is 1.20 bits per heavy atom. The number of piperidine rings is 1. The molecule has 0 saturated carbocycles. The lowest BCUT2D eigenvalue weighted by Crippen LogP contribution is -2.44. The molecule has 2 rings (SSSR count). The summed E-state index contributed by atoms with van der Waals surface area (Å²) in [5.41, 5.74) is -1.75. The molecular weight excluding hydrogens is 403 g/mol. The molecule has 1 atom stereocenters. The van der Waals surface area contributed by atoms with Crippen molar-refractivity contribution in [1.82, 2.24) is 9.88 Å². The van der Waals surface area contributed by atoms with Crippen molar-refractivity contribution < 1.29 is 32.2 Å². The van der Waals surface area contributed by atoms with Crippen molar-refractivity contribution in [1.29, 1.82) is 0 Å². The number of hydrogen-bond donors (Lipinski definition) is 1. The monoisotopic (exact) mass is 431 g/mol. The summed E-state index contributed by atoms with van der Waals surface area (Å²) in [6, 6.07) is 1.45. The Labute approximate surface area is 173 Å². The Morgan fingerprint density at radius 2 is 1.80 bits per heavy atom. The molecule has 10 heteroatoms. The highest BCUT2D eigenvalue weighted by Crippen LogP contribution is 2.35. The fraction of sp³-hybridized carbons (Fsp3) is 0.650. The minimum absolute atomic E-state index is 0.0216. The third-order valence-corrected chi connectivity index (χ3v) is 4.86. The van der Waals surface area contributed by atoms with Crippen molar-refractivity contribution in [3.05, 3.63) is 23.4 Å². The van der Waals surface area contributed by atoms with Gasteiger partial charge in [0, 0.05) is 19.1 Å². The van der Waals surface area contributed by atoms with Gasteiger partial charge in [0.05, 0.1) is 12.7 Å². The Balaban J connectivity index is 2.08. The van der Waals surface area contributed by atoms with Crippen molar-refractivity contribution in [3.8, 4) is 0 Å². The van der Waals surface area contributed by atoms with Crippen molar-refractivity contribution in [2.24, 2.45) is 5.92 Å². The van der Waals surface area contributed by atoms with E-state index in [1.807, 2.05) is 0 Å².